The summed E-state index contributed by atoms with van der Waals surface area (Å²) >= 11 is 0. The quantitative estimate of drug-likeness (QED) is 0.675. The molecule has 28 heavy (non-hydrogen) atoms. The number of anilines is 2. The highest BCUT2D eigenvalue weighted by molar-refractivity contribution is 6.05. The van der Waals surface area contributed by atoms with Gasteiger partial charge in [-0.1, -0.05) is 30.3 Å². The predicted molar refractivity (Wildman–Crippen MR) is 110 cm³/mol. The summed E-state index contributed by atoms with van der Waals surface area (Å²) in [7, 11) is 5.08. The van der Waals surface area contributed by atoms with Crippen LogP contribution in [-0.4, -0.2) is 32.2 Å². The lowest BCUT2D eigenvalue weighted by Crippen LogP contribution is -2.19. The average Bonchev–Trinajstić information content (AvgIpc) is 2.74. The second kappa shape index (κ2) is 8.90. The number of ether oxygens (including phenoxy) is 2. The van der Waals surface area contributed by atoms with Crippen molar-refractivity contribution in [3.05, 3.63) is 78.0 Å². The fourth-order valence-electron chi connectivity index (χ4n) is 2.81. The number of nitrogens with zero attached hydrogens (tertiary/aromatic N) is 2. The maximum absolute atomic E-state index is 12.8. The molecule has 0 unspecified atom stereocenters. The smallest absolute Gasteiger partial charge is 0.255 e. The SMILES string of the molecule is COc1ccc(OC)c(NC(=O)c2ccnc(N(C)Cc3ccccc3)c2)c1. The number of pyridine rings is 1. The lowest BCUT2D eigenvalue weighted by molar-refractivity contribution is 0.102. The molecule has 0 atom stereocenters. The number of nitrogens with one attached hydrogen (secondary N) is 1. The van der Waals surface area contributed by atoms with Crippen LogP contribution in [0.2, 0.25) is 0 Å². The van der Waals surface area contributed by atoms with Crippen LogP contribution in [0, 0.1) is 0 Å². The minimum Gasteiger partial charge on any atom is -0.497 e. The van der Waals surface area contributed by atoms with Gasteiger partial charge in [-0.05, 0) is 29.8 Å². The molecule has 0 aliphatic carbocycles. The Bertz CT molecular complexity index is 945. The molecular weight excluding hydrogens is 354 g/mol. The van der Waals surface area contributed by atoms with Crippen molar-refractivity contribution in [3.63, 3.8) is 0 Å². The van der Waals surface area contributed by atoms with E-state index in [0.717, 1.165) is 0 Å². The molecular formula is C22H23N3O3. The van der Waals surface area contributed by atoms with Crippen molar-refractivity contribution in [1.29, 1.82) is 0 Å². The molecule has 0 radical (unpaired) electrons. The summed E-state index contributed by atoms with van der Waals surface area (Å²) in [5, 5.41) is 2.88. The van der Waals surface area contributed by atoms with Gasteiger partial charge in [-0.25, -0.2) is 4.98 Å². The van der Waals surface area contributed by atoms with Crippen LogP contribution in [0.1, 0.15) is 15.9 Å². The van der Waals surface area contributed by atoms with Crippen molar-refractivity contribution < 1.29 is 14.3 Å². The van der Waals surface area contributed by atoms with Gasteiger partial charge >= 0.3 is 0 Å². The van der Waals surface area contributed by atoms with Crippen molar-refractivity contribution in [2.24, 2.45) is 0 Å². The first-order valence-corrected chi connectivity index (χ1v) is 8.85. The minimum absolute atomic E-state index is 0.247. The van der Waals surface area contributed by atoms with Gasteiger partial charge in [-0.3, -0.25) is 4.79 Å². The number of rotatable bonds is 7. The largest absolute Gasteiger partial charge is 0.497 e. The Kier molecular flexibility index (Phi) is 6.11. The molecule has 0 spiro atoms. The van der Waals surface area contributed by atoms with E-state index in [1.807, 2.05) is 30.1 Å². The summed E-state index contributed by atoms with van der Waals surface area (Å²) in [5.74, 6) is 1.66. The highest BCUT2D eigenvalue weighted by atomic mass is 16.5. The number of amides is 1. The van der Waals surface area contributed by atoms with E-state index in [1.54, 1.807) is 50.7 Å². The molecule has 0 fully saturated rings. The van der Waals surface area contributed by atoms with E-state index in [2.05, 4.69) is 22.4 Å². The molecule has 0 bridgehead atoms. The van der Waals surface area contributed by atoms with Crippen LogP contribution in [0.15, 0.2) is 66.9 Å². The van der Waals surface area contributed by atoms with Crippen LogP contribution in [0.25, 0.3) is 0 Å². The molecule has 0 aliphatic heterocycles. The highest BCUT2D eigenvalue weighted by Crippen LogP contribution is 2.29. The predicted octanol–water partition coefficient (Wildman–Crippen LogP) is 3.99. The molecule has 1 heterocycles. The summed E-state index contributed by atoms with van der Waals surface area (Å²) in [6.07, 6.45) is 1.63. The highest BCUT2D eigenvalue weighted by Gasteiger charge is 2.13. The molecule has 2 aromatic carbocycles. The number of carbonyl (C=O) groups is 1. The molecule has 0 saturated carbocycles. The van der Waals surface area contributed by atoms with E-state index in [-0.39, 0.29) is 5.91 Å². The van der Waals surface area contributed by atoms with Gasteiger partial charge in [0.05, 0.1) is 19.9 Å². The molecule has 0 aliphatic rings. The number of carbonyl (C=O) groups excluding carboxylic acids is 1. The average molecular weight is 377 g/mol. The van der Waals surface area contributed by atoms with Crippen molar-refractivity contribution in [1.82, 2.24) is 4.98 Å². The van der Waals surface area contributed by atoms with Crippen molar-refractivity contribution >= 4 is 17.4 Å². The van der Waals surface area contributed by atoms with E-state index in [0.29, 0.717) is 35.1 Å². The van der Waals surface area contributed by atoms with Crippen molar-refractivity contribution in [2.75, 3.05) is 31.5 Å². The number of hydrogen-bond acceptors (Lipinski definition) is 5. The number of methoxy groups -OCH3 is 2. The van der Waals surface area contributed by atoms with Gasteiger partial charge < -0.3 is 19.7 Å². The lowest BCUT2D eigenvalue weighted by Gasteiger charge is -2.19. The fraction of sp³-hybridized carbons (Fsp3) is 0.182. The Morgan fingerprint density at radius 2 is 1.82 bits per heavy atom. The molecule has 6 heteroatoms. The van der Waals surface area contributed by atoms with Crippen LogP contribution >= 0.6 is 0 Å². The second-order valence-electron chi connectivity index (χ2n) is 6.26. The van der Waals surface area contributed by atoms with Crippen molar-refractivity contribution in [3.8, 4) is 11.5 Å². The normalized spacial score (nSPS) is 10.2. The Morgan fingerprint density at radius 3 is 2.54 bits per heavy atom. The summed E-state index contributed by atoms with van der Waals surface area (Å²) in [4.78, 5) is 19.1. The Hall–Kier alpha value is -3.54. The minimum atomic E-state index is -0.247. The number of hydrogen-bond donors (Lipinski definition) is 1. The molecule has 144 valence electrons. The fourth-order valence-corrected chi connectivity index (χ4v) is 2.81. The van der Waals surface area contributed by atoms with Crippen LogP contribution in [0.3, 0.4) is 0 Å². The Morgan fingerprint density at radius 1 is 1.04 bits per heavy atom. The monoisotopic (exact) mass is 377 g/mol. The first kappa shape index (κ1) is 19.2. The maximum Gasteiger partial charge on any atom is 0.255 e. The van der Waals surface area contributed by atoms with E-state index in [9.17, 15) is 4.79 Å². The van der Waals surface area contributed by atoms with E-state index in [1.165, 1.54) is 5.56 Å². The molecule has 6 nitrogen and oxygen atoms in total. The number of benzene rings is 2. The molecule has 1 N–H and O–H groups in total. The summed E-state index contributed by atoms with van der Waals surface area (Å²) in [6, 6.07) is 18.8. The molecule has 1 aromatic heterocycles. The van der Waals surface area contributed by atoms with Gasteiger partial charge in [-0.15, -0.1) is 0 Å². The topological polar surface area (TPSA) is 63.7 Å². The lowest BCUT2D eigenvalue weighted by atomic mass is 10.2. The molecule has 3 rings (SSSR count). The molecule has 3 aromatic rings. The van der Waals surface area contributed by atoms with Crippen LogP contribution in [-0.2, 0) is 6.54 Å². The first-order valence-electron chi connectivity index (χ1n) is 8.85. The van der Waals surface area contributed by atoms with Gasteiger partial charge in [-0.2, -0.15) is 0 Å². The van der Waals surface area contributed by atoms with Crippen LogP contribution in [0.5, 0.6) is 11.5 Å². The zero-order valence-electron chi connectivity index (χ0n) is 16.2. The Balaban J connectivity index is 1.77. The van der Waals surface area contributed by atoms with Crippen LogP contribution in [0.4, 0.5) is 11.5 Å². The van der Waals surface area contributed by atoms with Gasteiger partial charge in [0.1, 0.15) is 17.3 Å². The third-order valence-electron chi connectivity index (χ3n) is 4.32. The third-order valence-corrected chi connectivity index (χ3v) is 4.32. The second-order valence-corrected chi connectivity index (χ2v) is 6.26. The van der Waals surface area contributed by atoms with E-state index < -0.39 is 0 Å². The summed E-state index contributed by atoms with van der Waals surface area (Å²) in [6.45, 7) is 0.697. The molecule has 0 saturated heterocycles. The van der Waals surface area contributed by atoms with Gasteiger partial charge in [0, 0.05) is 31.4 Å². The van der Waals surface area contributed by atoms with E-state index >= 15 is 0 Å². The Labute approximate surface area is 164 Å². The van der Waals surface area contributed by atoms with Gasteiger partial charge in [0.25, 0.3) is 5.91 Å². The number of aromatic nitrogens is 1. The van der Waals surface area contributed by atoms with Crippen molar-refractivity contribution in [2.45, 2.75) is 6.54 Å². The first-order chi connectivity index (χ1) is 13.6. The van der Waals surface area contributed by atoms with Gasteiger partial charge in [0.2, 0.25) is 0 Å². The standard InChI is InChI=1S/C22H23N3O3/c1-25(15-16-7-5-4-6-8-16)21-13-17(11-12-23-21)22(26)24-19-14-18(27-2)9-10-20(19)28-3/h4-14H,15H2,1-3H3,(H,24,26). The zero-order chi connectivity index (χ0) is 19.9. The van der Waals surface area contributed by atoms with Crippen LogP contribution < -0.4 is 19.7 Å². The third kappa shape index (κ3) is 4.59. The molecule has 1 amide bonds. The summed E-state index contributed by atoms with van der Waals surface area (Å²) < 4.78 is 10.5. The maximum atomic E-state index is 12.8. The van der Waals surface area contributed by atoms with E-state index in [4.69, 9.17) is 9.47 Å². The zero-order valence-corrected chi connectivity index (χ0v) is 16.2. The van der Waals surface area contributed by atoms with Gasteiger partial charge in [0.15, 0.2) is 0 Å². The summed E-state index contributed by atoms with van der Waals surface area (Å²) in [5.41, 5.74) is 2.22.